The first-order chi connectivity index (χ1) is 10.0. The van der Waals surface area contributed by atoms with Crippen LogP contribution < -0.4 is 0 Å². The lowest BCUT2D eigenvalue weighted by atomic mass is 9.90. The molecule has 1 fully saturated rings. The number of carboxylic acids is 1. The SMILES string of the molecule is CCc1cccc(CC(=O)N2CCC[C@H](C(=O)O)[C@@H]2C)c1. The maximum atomic E-state index is 12.5. The fourth-order valence-electron chi connectivity index (χ4n) is 3.06. The first-order valence-corrected chi connectivity index (χ1v) is 7.63. The second-order valence-corrected chi connectivity index (χ2v) is 5.76. The summed E-state index contributed by atoms with van der Waals surface area (Å²) >= 11 is 0. The van der Waals surface area contributed by atoms with Crippen molar-refractivity contribution in [3.05, 3.63) is 35.4 Å². The molecule has 2 rings (SSSR count). The van der Waals surface area contributed by atoms with Crippen molar-refractivity contribution in [3.63, 3.8) is 0 Å². The van der Waals surface area contributed by atoms with Crippen molar-refractivity contribution in [2.24, 2.45) is 5.92 Å². The topological polar surface area (TPSA) is 57.6 Å². The van der Waals surface area contributed by atoms with E-state index >= 15 is 0 Å². The molecule has 4 nitrogen and oxygen atoms in total. The molecule has 114 valence electrons. The van der Waals surface area contributed by atoms with Crippen molar-refractivity contribution in [2.75, 3.05) is 6.54 Å². The molecule has 4 heteroatoms. The number of carbonyl (C=O) groups is 2. The zero-order valence-corrected chi connectivity index (χ0v) is 12.7. The first-order valence-electron chi connectivity index (χ1n) is 7.63. The Morgan fingerprint density at radius 1 is 1.33 bits per heavy atom. The van der Waals surface area contributed by atoms with Gasteiger partial charge in [0, 0.05) is 12.6 Å². The second kappa shape index (κ2) is 6.74. The molecule has 1 aliphatic heterocycles. The molecule has 1 saturated heterocycles. The molecule has 0 aromatic heterocycles. The van der Waals surface area contributed by atoms with Crippen LogP contribution in [-0.4, -0.2) is 34.5 Å². The molecule has 1 aliphatic rings. The van der Waals surface area contributed by atoms with Crippen LogP contribution >= 0.6 is 0 Å². The van der Waals surface area contributed by atoms with Crippen molar-refractivity contribution < 1.29 is 14.7 Å². The molecule has 0 spiro atoms. The van der Waals surface area contributed by atoms with Gasteiger partial charge in [-0.2, -0.15) is 0 Å². The molecule has 1 aromatic rings. The van der Waals surface area contributed by atoms with Crippen molar-refractivity contribution >= 4 is 11.9 Å². The number of rotatable bonds is 4. The predicted octanol–water partition coefficient (Wildman–Crippen LogP) is 2.50. The van der Waals surface area contributed by atoms with Gasteiger partial charge in [-0.3, -0.25) is 9.59 Å². The van der Waals surface area contributed by atoms with Gasteiger partial charge in [-0.05, 0) is 37.3 Å². The lowest BCUT2D eigenvalue weighted by Gasteiger charge is -2.37. The van der Waals surface area contributed by atoms with Crippen LogP contribution in [0.3, 0.4) is 0 Å². The Hall–Kier alpha value is -1.84. The Morgan fingerprint density at radius 2 is 2.05 bits per heavy atom. The van der Waals surface area contributed by atoms with Gasteiger partial charge in [0.05, 0.1) is 12.3 Å². The summed E-state index contributed by atoms with van der Waals surface area (Å²) < 4.78 is 0. The van der Waals surface area contributed by atoms with Gasteiger partial charge in [0.2, 0.25) is 5.91 Å². The van der Waals surface area contributed by atoms with Gasteiger partial charge < -0.3 is 10.0 Å². The summed E-state index contributed by atoms with van der Waals surface area (Å²) in [7, 11) is 0. The third kappa shape index (κ3) is 3.63. The smallest absolute Gasteiger partial charge is 0.308 e. The number of carbonyl (C=O) groups excluding carboxylic acids is 1. The van der Waals surface area contributed by atoms with E-state index in [4.69, 9.17) is 0 Å². The Kier molecular flexibility index (Phi) is 4.99. The standard InChI is InChI=1S/C17H23NO3/c1-3-13-6-4-7-14(10-13)11-16(19)18-9-5-8-15(12(18)2)17(20)21/h4,6-7,10,12,15H,3,5,8-9,11H2,1-2H3,(H,20,21)/t12-,15-/m0/s1. The zero-order valence-electron chi connectivity index (χ0n) is 12.7. The number of piperidine rings is 1. The number of hydrogen-bond donors (Lipinski definition) is 1. The van der Waals surface area contributed by atoms with Gasteiger partial charge in [0.15, 0.2) is 0 Å². The number of benzene rings is 1. The minimum Gasteiger partial charge on any atom is -0.481 e. The second-order valence-electron chi connectivity index (χ2n) is 5.76. The molecule has 0 saturated carbocycles. The minimum atomic E-state index is -0.798. The third-order valence-corrected chi connectivity index (χ3v) is 4.38. The Balaban J connectivity index is 2.06. The summed E-state index contributed by atoms with van der Waals surface area (Å²) in [5.74, 6) is -1.21. The van der Waals surface area contributed by atoms with E-state index in [9.17, 15) is 14.7 Å². The van der Waals surface area contributed by atoms with Gasteiger partial charge in [0.25, 0.3) is 0 Å². The maximum absolute atomic E-state index is 12.5. The van der Waals surface area contributed by atoms with Crippen LogP contribution in [0, 0.1) is 5.92 Å². The Morgan fingerprint density at radius 3 is 2.71 bits per heavy atom. The molecular formula is C17H23NO3. The van der Waals surface area contributed by atoms with E-state index in [0.29, 0.717) is 19.4 Å². The lowest BCUT2D eigenvalue weighted by Crippen LogP contribution is -2.49. The summed E-state index contributed by atoms with van der Waals surface area (Å²) in [6, 6.07) is 7.82. The van der Waals surface area contributed by atoms with Crippen LogP contribution in [0.15, 0.2) is 24.3 Å². The number of aryl methyl sites for hydroxylation is 1. The highest BCUT2D eigenvalue weighted by Crippen LogP contribution is 2.24. The van der Waals surface area contributed by atoms with E-state index in [1.807, 2.05) is 19.1 Å². The summed E-state index contributed by atoms with van der Waals surface area (Å²) in [6.07, 6.45) is 2.72. The van der Waals surface area contributed by atoms with Crippen LogP contribution in [0.2, 0.25) is 0 Å². The summed E-state index contributed by atoms with van der Waals surface area (Å²) in [4.78, 5) is 25.5. The van der Waals surface area contributed by atoms with E-state index < -0.39 is 11.9 Å². The summed E-state index contributed by atoms with van der Waals surface area (Å²) in [5.41, 5.74) is 2.22. The normalized spacial score (nSPS) is 22.1. The molecular weight excluding hydrogens is 266 g/mol. The van der Waals surface area contributed by atoms with E-state index in [1.165, 1.54) is 5.56 Å². The molecule has 0 radical (unpaired) electrons. The third-order valence-electron chi connectivity index (χ3n) is 4.38. The van der Waals surface area contributed by atoms with Crippen LogP contribution in [-0.2, 0) is 22.4 Å². The quantitative estimate of drug-likeness (QED) is 0.926. The van der Waals surface area contributed by atoms with Crippen molar-refractivity contribution in [2.45, 2.75) is 45.6 Å². The molecule has 21 heavy (non-hydrogen) atoms. The van der Waals surface area contributed by atoms with E-state index in [1.54, 1.807) is 4.90 Å². The number of likely N-dealkylation sites (tertiary alicyclic amines) is 1. The Labute approximate surface area is 125 Å². The molecule has 0 bridgehead atoms. The number of aliphatic carboxylic acids is 1. The van der Waals surface area contributed by atoms with Crippen molar-refractivity contribution in [1.82, 2.24) is 4.90 Å². The van der Waals surface area contributed by atoms with Crippen molar-refractivity contribution in [1.29, 1.82) is 0 Å². The van der Waals surface area contributed by atoms with Gasteiger partial charge in [-0.1, -0.05) is 31.2 Å². The number of nitrogens with zero attached hydrogens (tertiary/aromatic N) is 1. The van der Waals surface area contributed by atoms with E-state index in [2.05, 4.69) is 19.1 Å². The highest BCUT2D eigenvalue weighted by Gasteiger charge is 2.35. The van der Waals surface area contributed by atoms with Crippen LogP contribution in [0.25, 0.3) is 0 Å². The molecule has 0 aliphatic carbocycles. The number of amides is 1. The number of carboxylic acid groups (broad SMARTS) is 1. The molecule has 1 N–H and O–H groups in total. The van der Waals surface area contributed by atoms with E-state index in [0.717, 1.165) is 18.4 Å². The number of hydrogen-bond acceptors (Lipinski definition) is 2. The zero-order chi connectivity index (χ0) is 15.4. The molecule has 2 atom stereocenters. The minimum absolute atomic E-state index is 0.0294. The van der Waals surface area contributed by atoms with Gasteiger partial charge in [0.1, 0.15) is 0 Å². The lowest BCUT2D eigenvalue weighted by molar-refractivity contribution is -0.148. The molecule has 1 amide bonds. The molecule has 0 unspecified atom stereocenters. The van der Waals surface area contributed by atoms with Crippen molar-refractivity contribution in [3.8, 4) is 0 Å². The fourth-order valence-corrected chi connectivity index (χ4v) is 3.06. The molecule has 1 aromatic carbocycles. The van der Waals surface area contributed by atoms with Gasteiger partial charge >= 0.3 is 5.97 Å². The van der Waals surface area contributed by atoms with Gasteiger partial charge in [-0.25, -0.2) is 0 Å². The summed E-state index contributed by atoms with van der Waals surface area (Å²) in [5, 5.41) is 9.23. The maximum Gasteiger partial charge on any atom is 0.308 e. The fraction of sp³-hybridized carbons (Fsp3) is 0.529. The highest BCUT2D eigenvalue weighted by molar-refractivity contribution is 5.80. The monoisotopic (exact) mass is 289 g/mol. The van der Waals surface area contributed by atoms with Crippen LogP contribution in [0.5, 0.6) is 0 Å². The largest absolute Gasteiger partial charge is 0.481 e. The predicted molar refractivity (Wildman–Crippen MR) is 81.1 cm³/mol. The summed E-state index contributed by atoms with van der Waals surface area (Å²) in [6.45, 7) is 4.60. The van der Waals surface area contributed by atoms with E-state index in [-0.39, 0.29) is 11.9 Å². The Bertz CT molecular complexity index is 527. The average Bonchev–Trinajstić information content (AvgIpc) is 2.47. The van der Waals surface area contributed by atoms with Gasteiger partial charge in [-0.15, -0.1) is 0 Å². The van der Waals surface area contributed by atoms with Crippen LogP contribution in [0.1, 0.15) is 37.8 Å². The first kappa shape index (κ1) is 15.5. The molecule has 1 heterocycles. The van der Waals surface area contributed by atoms with Crippen LogP contribution in [0.4, 0.5) is 0 Å². The highest BCUT2D eigenvalue weighted by atomic mass is 16.4. The average molecular weight is 289 g/mol.